The topological polar surface area (TPSA) is 87.7 Å². The predicted octanol–water partition coefficient (Wildman–Crippen LogP) is 5.59. The van der Waals surface area contributed by atoms with Gasteiger partial charge in [0.1, 0.15) is 17.7 Å². The average Bonchev–Trinajstić information content (AvgIpc) is 3.66. The van der Waals surface area contributed by atoms with E-state index in [0.717, 1.165) is 35.1 Å². The van der Waals surface area contributed by atoms with E-state index in [4.69, 9.17) is 4.74 Å². The molecule has 2 aromatic rings. The molecule has 0 saturated heterocycles. The zero-order chi connectivity index (χ0) is 28.0. The maximum absolute atomic E-state index is 14.2. The molecule has 0 radical (unpaired) electrons. The van der Waals surface area contributed by atoms with Crippen molar-refractivity contribution in [2.45, 2.75) is 98.0 Å². The number of nitrogens with zero attached hydrogens (tertiary/aromatic N) is 1. The number of hydrogen-bond donors (Lipinski definition) is 2. The van der Waals surface area contributed by atoms with E-state index in [2.05, 4.69) is 10.6 Å². The molecule has 38 heavy (non-hydrogen) atoms. The van der Waals surface area contributed by atoms with Gasteiger partial charge in [0.2, 0.25) is 11.8 Å². The van der Waals surface area contributed by atoms with Crippen molar-refractivity contribution in [2.75, 3.05) is 0 Å². The molecule has 0 spiro atoms. The largest absolute Gasteiger partial charge is 0.444 e. The zero-order valence-electron chi connectivity index (χ0n) is 23.8. The molecule has 2 N–H and O–H groups in total. The Morgan fingerprint density at radius 1 is 1.00 bits per heavy atom. The van der Waals surface area contributed by atoms with Gasteiger partial charge in [-0.2, -0.15) is 0 Å². The minimum atomic E-state index is -0.812. The Kier molecular flexibility index (Phi) is 9.58. The van der Waals surface area contributed by atoms with Gasteiger partial charge in [0.05, 0.1) is 0 Å². The second-order valence-electron chi connectivity index (χ2n) is 11.8. The molecule has 1 saturated carbocycles. The third kappa shape index (κ3) is 8.33. The van der Waals surface area contributed by atoms with E-state index in [9.17, 15) is 14.4 Å². The van der Waals surface area contributed by atoms with E-state index >= 15 is 0 Å². The standard InChI is InChI=1S/C31H43N3O4/c1-20(2)17-26(33-30(37)38-31(5,6)7)29(36)34(25-15-16-25)27(24-14-13-21(3)22(4)18-24)28(35)32-19-23-11-9-8-10-12-23/h8-14,18,20,25-27H,15-17,19H2,1-7H3,(H,32,35)(H,33,37). The number of hydrogen-bond acceptors (Lipinski definition) is 4. The van der Waals surface area contributed by atoms with Gasteiger partial charge in [0.15, 0.2) is 0 Å². The third-order valence-electron chi connectivity index (χ3n) is 6.57. The Morgan fingerprint density at radius 2 is 1.66 bits per heavy atom. The summed E-state index contributed by atoms with van der Waals surface area (Å²) in [6.45, 7) is 13.8. The van der Waals surface area contributed by atoms with Crippen LogP contribution in [0.4, 0.5) is 4.79 Å². The fraction of sp³-hybridized carbons (Fsp3) is 0.516. The van der Waals surface area contributed by atoms with E-state index in [1.54, 1.807) is 25.7 Å². The van der Waals surface area contributed by atoms with E-state index in [-0.39, 0.29) is 23.8 Å². The monoisotopic (exact) mass is 521 g/mol. The summed E-state index contributed by atoms with van der Waals surface area (Å²) in [6, 6.07) is 13.9. The number of aryl methyl sites for hydroxylation is 2. The SMILES string of the molecule is Cc1ccc(C(C(=O)NCc2ccccc2)N(C(=O)C(CC(C)C)NC(=O)OC(C)(C)C)C2CC2)cc1C. The van der Waals surface area contributed by atoms with Gasteiger partial charge < -0.3 is 20.3 Å². The molecule has 3 rings (SSSR count). The number of rotatable bonds is 10. The van der Waals surface area contributed by atoms with Gasteiger partial charge in [0, 0.05) is 12.6 Å². The first-order valence-corrected chi connectivity index (χ1v) is 13.6. The second-order valence-corrected chi connectivity index (χ2v) is 11.8. The van der Waals surface area contributed by atoms with Crippen molar-refractivity contribution in [1.82, 2.24) is 15.5 Å². The molecule has 7 nitrogen and oxygen atoms in total. The van der Waals surface area contributed by atoms with Gasteiger partial charge in [-0.05, 0) is 82.1 Å². The summed E-state index contributed by atoms with van der Waals surface area (Å²) in [6.07, 6.45) is 1.44. The highest BCUT2D eigenvalue weighted by Gasteiger charge is 2.44. The number of nitrogens with one attached hydrogen (secondary N) is 2. The van der Waals surface area contributed by atoms with E-state index in [0.29, 0.717) is 13.0 Å². The van der Waals surface area contributed by atoms with Crippen LogP contribution in [0.5, 0.6) is 0 Å². The van der Waals surface area contributed by atoms with Crippen LogP contribution in [0, 0.1) is 19.8 Å². The number of ether oxygens (including phenoxy) is 1. The Labute approximate surface area is 227 Å². The van der Waals surface area contributed by atoms with Crippen LogP contribution in [-0.2, 0) is 20.9 Å². The molecule has 206 valence electrons. The van der Waals surface area contributed by atoms with Crippen molar-refractivity contribution in [2.24, 2.45) is 5.92 Å². The van der Waals surface area contributed by atoms with Crippen LogP contribution in [0.25, 0.3) is 0 Å². The highest BCUT2D eigenvalue weighted by molar-refractivity contribution is 5.92. The molecular formula is C31H43N3O4. The van der Waals surface area contributed by atoms with Crippen LogP contribution in [0.15, 0.2) is 48.5 Å². The summed E-state index contributed by atoms with van der Waals surface area (Å²) in [4.78, 5) is 42.4. The average molecular weight is 522 g/mol. The minimum absolute atomic E-state index is 0.0633. The first-order chi connectivity index (χ1) is 17.9. The summed E-state index contributed by atoms with van der Waals surface area (Å²) in [5.74, 6) is -0.352. The number of amides is 3. The Hall–Kier alpha value is -3.35. The van der Waals surface area contributed by atoms with Crippen molar-refractivity contribution >= 4 is 17.9 Å². The molecule has 0 aromatic heterocycles. The Bertz CT molecular complexity index is 1120. The molecule has 1 aliphatic rings. The summed E-state index contributed by atoms with van der Waals surface area (Å²) in [5.41, 5.74) is 3.22. The molecule has 1 fully saturated rings. The highest BCUT2D eigenvalue weighted by Crippen LogP contribution is 2.36. The van der Waals surface area contributed by atoms with Crippen LogP contribution in [0.2, 0.25) is 0 Å². The molecule has 2 atom stereocenters. The van der Waals surface area contributed by atoms with Crippen molar-refractivity contribution < 1.29 is 19.1 Å². The predicted molar refractivity (Wildman–Crippen MR) is 149 cm³/mol. The van der Waals surface area contributed by atoms with Crippen LogP contribution in [0.1, 0.15) is 82.2 Å². The molecular weight excluding hydrogens is 478 g/mol. The summed E-state index contributed by atoms with van der Waals surface area (Å²) >= 11 is 0. The first-order valence-electron chi connectivity index (χ1n) is 13.6. The molecule has 1 aliphatic carbocycles. The summed E-state index contributed by atoms with van der Waals surface area (Å²) in [7, 11) is 0. The summed E-state index contributed by atoms with van der Waals surface area (Å²) < 4.78 is 5.46. The maximum atomic E-state index is 14.2. The van der Waals surface area contributed by atoms with Crippen LogP contribution >= 0.6 is 0 Å². The van der Waals surface area contributed by atoms with Gasteiger partial charge in [-0.15, -0.1) is 0 Å². The molecule has 2 aromatic carbocycles. The molecule has 0 heterocycles. The van der Waals surface area contributed by atoms with E-state index in [1.807, 2.05) is 76.2 Å². The molecule has 0 bridgehead atoms. The van der Waals surface area contributed by atoms with Crippen LogP contribution in [-0.4, -0.2) is 40.5 Å². The quantitative estimate of drug-likeness (QED) is 0.427. The van der Waals surface area contributed by atoms with Crippen molar-refractivity contribution in [3.63, 3.8) is 0 Å². The lowest BCUT2D eigenvalue weighted by Gasteiger charge is -2.35. The van der Waals surface area contributed by atoms with Gasteiger partial charge in [-0.1, -0.05) is 62.4 Å². The lowest BCUT2D eigenvalue weighted by molar-refractivity contribution is -0.143. The molecule has 3 amide bonds. The number of benzene rings is 2. The number of alkyl carbamates (subject to hydrolysis) is 1. The molecule has 2 unspecified atom stereocenters. The number of carbonyl (C=O) groups is 3. The zero-order valence-corrected chi connectivity index (χ0v) is 23.8. The van der Waals surface area contributed by atoms with Crippen LogP contribution in [0.3, 0.4) is 0 Å². The smallest absolute Gasteiger partial charge is 0.408 e. The molecule has 7 heteroatoms. The fourth-order valence-electron chi connectivity index (χ4n) is 4.45. The molecule has 0 aliphatic heterocycles. The van der Waals surface area contributed by atoms with Crippen LogP contribution < -0.4 is 10.6 Å². The fourth-order valence-corrected chi connectivity index (χ4v) is 4.45. The van der Waals surface area contributed by atoms with Crippen molar-refractivity contribution in [3.8, 4) is 0 Å². The first kappa shape index (κ1) is 29.2. The van der Waals surface area contributed by atoms with Gasteiger partial charge in [0.25, 0.3) is 0 Å². The van der Waals surface area contributed by atoms with Crippen molar-refractivity contribution in [1.29, 1.82) is 0 Å². The lowest BCUT2D eigenvalue weighted by atomic mass is 9.96. The highest BCUT2D eigenvalue weighted by atomic mass is 16.6. The Morgan fingerprint density at radius 3 is 2.21 bits per heavy atom. The van der Waals surface area contributed by atoms with E-state index < -0.39 is 23.8 Å². The van der Waals surface area contributed by atoms with Crippen molar-refractivity contribution in [3.05, 3.63) is 70.8 Å². The second kappa shape index (κ2) is 12.5. The van der Waals surface area contributed by atoms with E-state index in [1.165, 1.54) is 0 Å². The normalized spacial score (nSPS) is 14.9. The number of carbonyl (C=O) groups excluding carboxylic acids is 3. The van der Waals surface area contributed by atoms with Gasteiger partial charge in [-0.3, -0.25) is 9.59 Å². The lowest BCUT2D eigenvalue weighted by Crippen LogP contribution is -2.54. The third-order valence-corrected chi connectivity index (χ3v) is 6.57. The maximum Gasteiger partial charge on any atom is 0.408 e. The van der Waals surface area contributed by atoms with Gasteiger partial charge in [-0.25, -0.2) is 4.79 Å². The minimum Gasteiger partial charge on any atom is -0.444 e. The Balaban J connectivity index is 1.95. The summed E-state index contributed by atoms with van der Waals surface area (Å²) in [5, 5.41) is 5.86. The van der Waals surface area contributed by atoms with Gasteiger partial charge >= 0.3 is 6.09 Å².